The van der Waals surface area contributed by atoms with Gasteiger partial charge in [0.2, 0.25) is 0 Å². The maximum Gasteiger partial charge on any atom is 0.336 e. The van der Waals surface area contributed by atoms with Crippen molar-refractivity contribution in [1.29, 1.82) is 0 Å². The lowest BCUT2D eigenvalue weighted by atomic mass is 10.1. The molecule has 0 amide bonds. The van der Waals surface area contributed by atoms with Gasteiger partial charge in [0.15, 0.2) is 0 Å². The predicted molar refractivity (Wildman–Crippen MR) is 58.8 cm³/mol. The zero-order valence-electron chi connectivity index (χ0n) is 6.97. The Labute approximate surface area is 90.1 Å². The van der Waals surface area contributed by atoms with Crippen LogP contribution in [0, 0.1) is 22.8 Å². The van der Waals surface area contributed by atoms with Crippen LogP contribution in [0.3, 0.4) is 0 Å². The summed E-state index contributed by atoms with van der Waals surface area (Å²) in [7, 11) is 0. The average molecular weight is 286 g/mol. The molecule has 0 saturated carbocycles. The van der Waals surface area contributed by atoms with E-state index in [1.807, 2.05) is 0 Å². The van der Waals surface area contributed by atoms with Crippen molar-refractivity contribution in [2.45, 2.75) is 6.92 Å². The first-order valence-corrected chi connectivity index (χ1v) is 4.64. The SMILES string of the molecule is C#Cc1cc(I)c(C)c(C(=O)O)c1. The van der Waals surface area contributed by atoms with Crippen molar-refractivity contribution in [2.75, 3.05) is 0 Å². The molecule has 13 heavy (non-hydrogen) atoms. The fourth-order valence-corrected chi connectivity index (χ4v) is 1.61. The van der Waals surface area contributed by atoms with E-state index < -0.39 is 5.97 Å². The minimum atomic E-state index is -0.937. The second kappa shape index (κ2) is 3.79. The first kappa shape index (κ1) is 10.1. The second-order valence-electron chi connectivity index (χ2n) is 2.58. The first-order valence-electron chi connectivity index (χ1n) is 3.56. The predicted octanol–water partition coefficient (Wildman–Crippen LogP) is 2.28. The molecule has 1 aromatic rings. The Morgan fingerprint density at radius 3 is 2.69 bits per heavy atom. The van der Waals surface area contributed by atoms with Crippen molar-refractivity contribution in [3.05, 3.63) is 32.4 Å². The van der Waals surface area contributed by atoms with Crippen molar-refractivity contribution < 1.29 is 9.90 Å². The van der Waals surface area contributed by atoms with Crippen LogP contribution in [-0.2, 0) is 0 Å². The van der Waals surface area contributed by atoms with Gasteiger partial charge in [-0.1, -0.05) is 5.92 Å². The van der Waals surface area contributed by atoms with Gasteiger partial charge in [-0.25, -0.2) is 4.79 Å². The molecule has 1 aromatic carbocycles. The van der Waals surface area contributed by atoms with Crippen LogP contribution in [-0.4, -0.2) is 11.1 Å². The maximum atomic E-state index is 10.8. The largest absolute Gasteiger partial charge is 0.478 e. The van der Waals surface area contributed by atoms with E-state index in [0.717, 1.165) is 9.13 Å². The molecule has 0 aliphatic carbocycles. The van der Waals surface area contributed by atoms with Crippen LogP contribution in [0.15, 0.2) is 12.1 Å². The van der Waals surface area contributed by atoms with E-state index >= 15 is 0 Å². The number of halogens is 1. The summed E-state index contributed by atoms with van der Waals surface area (Å²) in [6.45, 7) is 1.77. The van der Waals surface area contributed by atoms with Gasteiger partial charge in [-0.15, -0.1) is 6.42 Å². The quantitative estimate of drug-likeness (QED) is 0.635. The van der Waals surface area contributed by atoms with Crippen molar-refractivity contribution in [3.63, 3.8) is 0 Å². The Kier molecular flexibility index (Phi) is 2.94. The fourth-order valence-electron chi connectivity index (χ4n) is 0.984. The maximum absolute atomic E-state index is 10.8. The molecule has 0 heterocycles. The number of carboxylic acid groups (broad SMARTS) is 1. The van der Waals surface area contributed by atoms with E-state index in [1.165, 1.54) is 6.07 Å². The monoisotopic (exact) mass is 286 g/mol. The van der Waals surface area contributed by atoms with E-state index in [0.29, 0.717) is 5.56 Å². The molecule has 0 atom stereocenters. The van der Waals surface area contributed by atoms with E-state index in [9.17, 15) is 4.79 Å². The summed E-state index contributed by atoms with van der Waals surface area (Å²) >= 11 is 2.07. The molecule has 0 unspecified atom stereocenters. The third kappa shape index (κ3) is 2.01. The Hall–Kier alpha value is -1.02. The molecule has 0 spiro atoms. The number of terminal acetylenes is 1. The lowest BCUT2D eigenvalue weighted by Gasteiger charge is -2.03. The van der Waals surface area contributed by atoms with Crippen LogP contribution in [0.25, 0.3) is 0 Å². The minimum absolute atomic E-state index is 0.278. The molecule has 1 N–H and O–H groups in total. The highest BCUT2D eigenvalue weighted by atomic mass is 127. The summed E-state index contributed by atoms with van der Waals surface area (Å²) in [6, 6.07) is 3.31. The highest BCUT2D eigenvalue weighted by Gasteiger charge is 2.10. The van der Waals surface area contributed by atoms with Crippen molar-refractivity contribution in [1.82, 2.24) is 0 Å². The van der Waals surface area contributed by atoms with Gasteiger partial charge in [0.25, 0.3) is 0 Å². The van der Waals surface area contributed by atoms with Crippen molar-refractivity contribution in [3.8, 4) is 12.3 Å². The number of aromatic carboxylic acids is 1. The highest BCUT2D eigenvalue weighted by Crippen LogP contribution is 2.18. The molecule has 0 saturated heterocycles. The topological polar surface area (TPSA) is 37.3 Å². The number of hydrogen-bond donors (Lipinski definition) is 1. The van der Waals surface area contributed by atoms with Gasteiger partial charge in [0.1, 0.15) is 0 Å². The van der Waals surface area contributed by atoms with Gasteiger partial charge in [0, 0.05) is 9.13 Å². The third-order valence-electron chi connectivity index (χ3n) is 1.74. The van der Waals surface area contributed by atoms with Gasteiger partial charge in [-0.2, -0.15) is 0 Å². The Balaban J connectivity index is 3.44. The highest BCUT2D eigenvalue weighted by molar-refractivity contribution is 14.1. The van der Waals surface area contributed by atoms with Gasteiger partial charge in [-0.05, 0) is 47.2 Å². The zero-order chi connectivity index (χ0) is 10.0. The van der Waals surface area contributed by atoms with Crippen LogP contribution >= 0.6 is 22.6 Å². The molecule has 0 fully saturated rings. The van der Waals surface area contributed by atoms with Gasteiger partial charge < -0.3 is 5.11 Å². The number of rotatable bonds is 1. The minimum Gasteiger partial charge on any atom is -0.478 e. The van der Waals surface area contributed by atoms with Gasteiger partial charge in [0.05, 0.1) is 5.56 Å². The fraction of sp³-hybridized carbons (Fsp3) is 0.100. The summed E-state index contributed by atoms with van der Waals surface area (Å²) < 4.78 is 0.880. The van der Waals surface area contributed by atoms with Gasteiger partial charge in [-0.3, -0.25) is 0 Å². The van der Waals surface area contributed by atoms with E-state index in [1.54, 1.807) is 13.0 Å². The molecule has 1 rings (SSSR count). The molecule has 0 aromatic heterocycles. The average Bonchev–Trinajstić information content (AvgIpc) is 2.09. The Bertz CT molecular complexity index is 402. The van der Waals surface area contributed by atoms with E-state index in [-0.39, 0.29) is 5.56 Å². The summed E-state index contributed by atoms with van der Waals surface area (Å²) in [5, 5.41) is 8.84. The van der Waals surface area contributed by atoms with Crippen molar-refractivity contribution >= 4 is 28.6 Å². The second-order valence-corrected chi connectivity index (χ2v) is 3.74. The van der Waals surface area contributed by atoms with Crippen LogP contribution in [0.5, 0.6) is 0 Å². The van der Waals surface area contributed by atoms with E-state index in [4.69, 9.17) is 11.5 Å². The zero-order valence-corrected chi connectivity index (χ0v) is 9.12. The standard InChI is InChI=1S/C10H7IO2/c1-3-7-4-8(10(12)13)6(2)9(11)5-7/h1,4-5H,2H3,(H,12,13). The normalized spacial score (nSPS) is 9.31. The molecule has 3 heteroatoms. The smallest absolute Gasteiger partial charge is 0.336 e. The Morgan fingerprint density at radius 2 is 2.23 bits per heavy atom. The lowest BCUT2D eigenvalue weighted by Crippen LogP contribution is -2.02. The van der Waals surface area contributed by atoms with Gasteiger partial charge >= 0.3 is 5.97 Å². The molecule has 2 nitrogen and oxygen atoms in total. The molecule has 0 bridgehead atoms. The Morgan fingerprint density at radius 1 is 1.62 bits per heavy atom. The summed E-state index contributed by atoms with van der Waals surface area (Å²) in [4.78, 5) is 10.8. The number of benzene rings is 1. The number of hydrogen-bond acceptors (Lipinski definition) is 1. The molecular weight excluding hydrogens is 279 g/mol. The summed E-state index contributed by atoms with van der Waals surface area (Å²) in [5.74, 6) is 1.48. The third-order valence-corrected chi connectivity index (χ3v) is 2.86. The molecule has 0 aliphatic heterocycles. The van der Waals surface area contributed by atoms with Crippen LogP contribution in [0.2, 0.25) is 0 Å². The molecule has 66 valence electrons. The van der Waals surface area contributed by atoms with Crippen LogP contribution in [0.1, 0.15) is 21.5 Å². The van der Waals surface area contributed by atoms with Crippen LogP contribution in [0.4, 0.5) is 0 Å². The number of carboxylic acids is 1. The molecular formula is C10H7IO2. The molecule has 0 radical (unpaired) electrons. The van der Waals surface area contributed by atoms with Crippen molar-refractivity contribution in [2.24, 2.45) is 0 Å². The number of carbonyl (C=O) groups is 1. The first-order chi connectivity index (χ1) is 6.06. The molecule has 0 aliphatic rings. The van der Waals surface area contributed by atoms with Crippen LogP contribution < -0.4 is 0 Å². The van der Waals surface area contributed by atoms with E-state index in [2.05, 4.69) is 28.5 Å². The summed E-state index contributed by atoms with van der Waals surface area (Å²) in [6.07, 6.45) is 5.19. The summed E-state index contributed by atoms with van der Waals surface area (Å²) in [5.41, 5.74) is 1.64. The lowest BCUT2D eigenvalue weighted by molar-refractivity contribution is 0.0696.